The number of hydrogen-bond donors (Lipinski definition) is 1. The van der Waals surface area contributed by atoms with Crippen molar-refractivity contribution in [2.24, 2.45) is 0 Å². The molecule has 2 amide bonds. The minimum Gasteiger partial charge on any atom is -0.317 e. The Morgan fingerprint density at radius 3 is 2.84 bits per heavy atom. The topological polar surface area (TPSA) is 50.2 Å². The van der Waals surface area contributed by atoms with Crippen LogP contribution in [0.3, 0.4) is 0 Å². The van der Waals surface area contributed by atoms with E-state index >= 15 is 0 Å². The number of urea groups is 1. The van der Waals surface area contributed by atoms with Crippen LogP contribution in [0.15, 0.2) is 36.5 Å². The Kier molecular flexibility index (Phi) is 2.95. The first-order valence-corrected chi connectivity index (χ1v) is 6.36. The van der Waals surface area contributed by atoms with Gasteiger partial charge in [0.15, 0.2) is 0 Å². The summed E-state index contributed by atoms with van der Waals surface area (Å²) in [6, 6.07) is 9.46. The first kappa shape index (κ1) is 11.8. The van der Waals surface area contributed by atoms with Crippen molar-refractivity contribution in [1.82, 2.24) is 14.7 Å². The van der Waals surface area contributed by atoms with Gasteiger partial charge < -0.3 is 10.2 Å². The minimum atomic E-state index is -0.0574. The number of aryl methyl sites for hydroxylation is 1. The second-order valence-corrected chi connectivity index (χ2v) is 4.72. The lowest BCUT2D eigenvalue weighted by Gasteiger charge is -2.28. The van der Waals surface area contributed by atoms with E-state index in [0.717, 1.165) is 23.5 Å². The van der Waals surface area contributed by atoms with Gasteiger partial charge in [-0.3, -0.25) is 4.68 Å². The third-order valence-corrected chi connectivity index (χ3v) is 3.39. The number of carbonyl (C=O) groups excluding carboxylic acids is 1. The Balaban J connectivity index is 1.71. The Bertz CT molecular complexity index is 591. The van der Waals surface area contributed by atoms with Gasteiger partial charge in [-0.05, 0) is 24.6 Å². The molecule has 1 aliphatic rings. The quantitative estimate of drug-likeness (QED) is 0.850. The monoisotopic (exact) mass is 256 g/mol. The fourth-order valence-corrected chi connectivity index (χ4v) is 2.28. The molecule has 5 heteroatoms. The Morgan fingerprint density at radius 1 is 1.26 bits per heavy atom. The van der Waals surface area contributed by atoms with Crippen LogP contribution >= 0.6 is 0 Å². The van der Waals surface area contributed by atoms with Crippen LogP contribution in [0.5, 0.6) is 0 Å². The highest BCUT2D eigenvalue weighted by Gasteiger charge is 2.22. The normalized spacial score (nSPS) is 14.1. The molecule has 1 N–H and O–H groups in total. The summed E-state index contributed by atoms with van der Waals surface area (Å²) in [5.74, 6) is 0. The summed E-state index contributed by atoms with van der Waals surface area (Å²) in [7, 11) is 0. The molecule has 0 saturated carbocycles. The van der Waals surface area contributed by atoms with Crippen LogP contribution in [0.1, 0.15) is 11.3 Å². The lowest BCUT2D eigenvalue weighted by Crippen LogP contribution is -2.41. The number of amides is 2. The number of carbonyl (C=O) groups is 1. The van der Waals surface area contributed by atoms with Crippen molar-refractivity contribution in [3.8, 4) is 0 Å². The number of rotatable bonds is 1. The summed E-state index contributed by atoms with van der Waals surface area (Å²) in [5.41, 5.74) is 3.08. The summed E-state index contributed by atoms with van der Waals surface area (Å²) in [6.07, 6.45) is 1.86. The molecule has 0 unspecified atom stereocenters. The molecule has 2 heterocycles. The molecule has 19 heavy (non-hydrogen) atoms. The van der Waals surface area contributed by atoms with Gasteiger partial charge in [-0.1, -0.05) is 18.2 Å². The molecule has 1 aliphatic heterocycles. The molecule has 5 nitrogen and oxygen atoms in total. The van der Waals surface area contributed by atoms with Gasteiger partial charge in [0.2, 0.25) is 0 Å². The van der Waals surface area contributed by atoms with E-state index in [4.69, 9.17) is 0 Å². The van der Waals surface area contributed by atoms with E-state index in [-0.39, 0.29) is 6.03 Å². The van der Waals surface area contributed by atoms with E-state index in [2.05, 4.69) is 10.4 Å². The number of aromatic nitrogens is 2. The molecule has 0 bridgehead atoms. The maximum atomic E-state index is 12.2. The fraction of sp³-hybridized carbons (Fsp3) is 0.286. The lowest BCUT2D eigenvalue weighted by molar-refractivity contribution is 0.194. The van der Waals surface area contributed by atoms with Crippen molar-refractivity contribution < 1.29 is 4.79 Å². The average Bonchev–Trinajstić information content (AvgIpc) is 2.81. The highest BCUT2D eigenvalue weighted by Crippen LogP contribution is 2.16. The van der Waals surface area contributed by atoms with Crippen LogP contribution in [-0.2, 0) is 13.1 Å². The second-order valence-electron chi connectivity index (χ2n) is 4.72. The van der Waals surface area contributed by atoms with Crippen LogP contribution in [0.2, 0.25) is 0 Å². The van der Waals surface area contributed by atoms with E-state index < -0.39 is 0 Å². The summed E-state index contributed by atoms with van der Waals surface area (Å²) in [5, 5.41) is 7.20. The van der Waals surface area contributed by atoms with E-state index in [1.165, 1.54) is 0 Å². The molecule has 0 fully saturated rings. The van der Waals surface area contributed by atoms with Crippen molar-refractivity contribution in [2.45, 2.75) is 20.0 Å². The number of benzene rings is 1. The molecular formula is C14H16N4O. The Morgan fingerprint density at radius 2 is 2.05 bits per heavy atom. The SMILES string of the molecule is Cc1cnn2c1CN(C(=O)Nc1ccccc1)CC2. The predicted octanol–water partition coefficient (Wildman–Crippen LogP) is 2.24. The van der Waals surface area contributed by atoms with Crippen molar-refractivity contribution in [3.05, 3.63) is 47.8 Å². The van der Waals surface area contributed by atoms with Gasteiger partial charge in [-0.25, -0.2) is 4.79 Å². The molecule has 2 aromatic rings. The van der Waals surface area contributed by atoms with E-state index in [1.807, 2.05) is 53.0 Å². The molecule has 1 aromatic carbocycles. The molecule has 0 aliphatic carbocycles. The number of nitrogens with zero attached hydrogens (tertiary/aromatic N) is 3. The van der Waals surface area contributed by atoms with E-state index in [1.54, 1.807) is 0 Å². The molecule has 3 rings (SSSR count). The lowest BCUT2D eigenvalue weighted by atomic mass is 10.2. The smallest absolute Gasteiger partial charge is 0.317 e. The highest BCUT2D eigenvalue weighted by molar-refractivity contribution is 5.89. The summed E-state index contributed by atoms with van der Waals surface area (Å²) in [4.78, 5) is 14.0. The number of anilines is 1. The zero-order chi connectivity index (χ0) is 13.2. The van der Waals surface area contributed by atoms with Crippen molar-refractivity contribution in [3.63, 3.8) is 0 Å². The van der Waals surface area contributed by atoms with Crippen LogP contribution in [0.25, 0.3) is 0 Å². The van der Waals surface area contributed by atoms with Crippen molar-refractivity contribution in [2.75, 3.05) is 11.9 Å². The largest absolute Gasteiger partial charge is 0.322 e. The van der Waals surface area contributed by atoms with Gasteiger partial charge in [0.1, 0.15) is 0 Å². The van der Waals surface area contributed by atoms with Crippen molar-refractivity contribution >= 4 is 11.7 Å². The van der Waals surface area contributed by atoms with Gasteiger partial charge in [-0.2, -0.15) is 5.10 Å². The number of para-hydroxylation sites is 1. The minimum absolute atomic E-state index is 0.0574. The first-order valence-electron chi connectivity index (χ1n) is 6.36. The van der Waals surface area contributed by atoms with E-state index in [0.29, 0.717) is 13.1 Å². The highest BCUT2D eigenvalue weighted by atomic mass is 16.2. The van der Waals surface area contributed by atoms with Gasteiger partial charge in [-0.15, -0.1) is 0 Å². The number of fused-ring (bicyclic) bond motifs is 1. The molecule has 0 atom stereocenters. The number of nitrogens with one attached hydrogen (secondary N) is 1. The Labute approximate surface area is 111 Å². The van der Waals surface area contributed by atoms with Gasteiger partial charge in [0, 0.05) is 12.2 Å². The maximum absolute atomic E-state index is 12.2. The molecule has 0 radical (unpaired) electrons. The van der Waals surface area contributed by atoms with Crippen molar-refractivity contribution in [1.29, 1.82) is 0 Å². The summed E-state index contributed by atoms with van der Waals surface area (Å²) < 4.78 is 1.97. The average molecular weight is 256 g/mol. The second kappa shape index (κ2) is 4.76. The van der Waals surface area contributed by atoms with Crippen LogP contribution < -0.4 is 5.32 Å². The maximum Gasteiger partial charge on any atom is 0.322 e. The first-order chi connectivity index (χ1) is 9.24. The van der Waals surface area contributed by atoms with E-state index in [9.17, 15) is 4.79 Å². The molecule has 0 saturated heterocycles. The molecule has 1 aromatic heterocycles. The van der Waals surface area contributed by atoms with Gasteiger partial charge in [0.25, 0.3) is 0 Å². The zero-order valence-electron chi connectivity index (χ0n) is 10.8. The molecule has 0 spiro atoms. The number of hydrogen-bond acceptors (Lipinski definition) is 2. The predicted molar refractivity (Wildman–Crippen MR) is 72.8 cm³/mol. The van der Waals surface area contributed by atoms with Crippen LogP contribution in [-0.4, -0.2) is 27.3 Å². The third kappa shape index (κ3) is 2.31. The molecule has 98 valence electrons. The van der Waals surface area contributed by atoms with Crippen LogP contribution in [0, 0.1) is 6.92 Å². The summed E-state index contributed by atoms with van der Waals surface area (Å²) in [6.45, 7) is 4.08. The van der Waals surface area contributed by atoms with Gasteiger partial charge >= 0.3 is 6.03 Å². The van der Waals surface area contributed by atoms with Crippen LogP contribution in [0.4, 0.5) is 10.5 Å². The third-order valence-electron chi connectivity index (χ3n) is 3.39. The fourth-order valence-electron chi connectivity index (χ4n) is 2.28. The summed E-state index contributed by atoms with van der Waals surface area (Å²) >= 11 is 0. The zero-order valence-corrected chi connectivity index (χ0v) is 10.8. The molecular weight excluding hydrogens is 240 g/mol. The Hall–Kier alpha value is -2.30. The van der Waals surface area contributed by atoms with Gasteiger partial charge in [0.05, 0.1) is 25.0 Å². The standard InChI is InChI=1S/C14H16N4O/c1-11-9-15-18-8-7-17(10-13(11)18)14(19)16-12-5-3-2-4-6-12/h2-6,9H,7-8,10H2,1H3,(H,16,19).